The van der Waals surface area contributed by atoms with Crippen LogP contribution in [0.3, 0.4) is 0 Å². The Morgan fingerprint density at radius 3 is 3.10 bits per heavy atom. The van der Waals surface area contributed by atoms with Gasteiger partial charge < -0.3 is 14.6 Å². The summed E-state index contributed by atoms with van der Waals surface area (Å²) in [5.41, 5.74) is 0. The number of carbonyl (C=O) groups is 1. The van der Waals surface area contributed by atoms with Crippen LogP contribution in [-0.4, -0.2) is 40.3 Å². The highest BCUT2D eigenvalue weighted by molar-refractivity contribution is 8.01. The molecule has 0 spiro atoms. The number of aromatic nitrogens is 2. The van der Waals surface area contributed by atoms with Gasteiger partial charge in [-0.3, -0.25) is 4.79 Å². The zero-order valence-electron chi connectivity index (χ0n) is 11.3. The van der Waals surface area contributed by atoms with Crippen molar-refractivity contribution in [3.8, 4) is 0 Å². The van der Waals surface area contributed by atoms with Gasteiger partial charge in [0.1, 0.15) is 5.76 Å². The van der Waals surface area contributed by atoms with Crippen LogP contribution in [0, 0.1) is 0 Å². The molecule has 6 nitrogen and oxygen atoms in total. The van der Waals surface area contributed by atoms with Crippen molar-refractivity contribution in [3.05, 3.63) is 24.2 Å². The molecule has 1 N–H and O–H groups in total. The van der Waals surface area contributed by atoms with Gasteiger partial charge in [0, 0.05) is 13.6 Å². The summed E-state index contributed by atoms with van der Waals surface area (Å²) in [6.07, 6.45) is 1.60. The highest BCUT2D eigenvalue weighted by atomic mass is 32.2. The molecule has 0 atom stereocenters. The average molecular weight is 312 g/mol. The third-order valence-corrected chi connectivity index (χ3v) is 4.45. The molecule has 2 aromatic heterocycles. The van der Waals surface area contributed by atoms with Crippen molar-refractivity contribution < 1.29 is 9.21 Å². The minimum atomic E-state index is 0.0339. The predicted molar refractivity (Wildman–Crippen MR) is 80.0 cm³/mol. The average Bonchev–Trinajstić information content (AvgIpc) is 3.08. The van der Waals surface area contributed by atoms with Crippen molar-refractivity contribution in [3.63, 3.8) is 0 Å². The minimum absolute atomic E-state index is 0.0339. The predicted octanol–water partition coefficient (Wildman–Crippen LogP) is 2.31. The highest BCUT2D eigenvalue weighted by Crippen LogP contribution is 2.25. The molecule has 0 aromatic carbocycles. The maximum Gasteiger partial charge on any atom is 0.233 e. The van der Waals surface area contributed by atoms with Crippen LogP contribution in [0.4, 0.5) is 5.13 Å². The van der Waals surface area contributed by atoms with Crippen molar-refractivity contribution in [2.24, 2.45) is 0 Å². The van der Waals surface area contributed by atoms with Crippen LogP contribution in [0.25, 0.3) is 0 Å². The lowest BCUT2D eigenvalue weighted by Crippen LogP contribution is -2.27. The quantitative estimate of drug-likeness (QED) is 0.791. The van der Waals surface area contributed by atoms with Crippen LogP contribution in [0.15, 0.2) is 27.2 Å². The van der Waals surface area contributed by atoms with Crippen LogP contribution in [0.2, 0.25) is 0 Å². The van der Waals surface area contributed by atoms with E-state index >= 15 is 0 Å². The van der Waals surface area contributed by atoms with E-state index in [1.165, 1.54) is 23.1 Å². The number of furan rings is 1. The molecule has 1 amide bonds. The van der Waals surface area contributed by atoms with Gasteiger partial charge in [0.05, 0.1) is 18.6 Å². The highest BCUT2D eigenvalue weighted by Gasteiger charge is 2.13. The normalized spacial score (nSPS) is 10.5. The standard InChI is InChI=1S/C12H16N4O2S2/c1-3-13-11-14-15-12(20-11)19-8-10(17)16(2)7-9-5-4-6-18-9/h4-6H,3,7-8H2,1-2H3,(H,13,14). The number of nitrogens with one attached hydrogen (secondary N) is 1. The number of hydrogen-bond donors (Lipinski definition) is 1. The van der Waals surface area contributed by atoms with Crippen LogP contribution in [0.5, 0.6) is 0 Å². The molecule has 2 heterocycles. The molecule has 0 saturated heterocycles. The van der Waals surface area contributed by atoms with Crippen molar-refractivity contribution in [2.75, 3.05) is 24.7 Å². The Hall–Kier alpha value is -1.54. The first kappa shape index (κ1) is 14.9. The number of rotatable bonds is 7. The summed E-state index contributed by atoms with van der Waals surface area (Å²) in [6, 6.07) is 3.66. The number of thioether (sulfide) groups is 1. The monoisotopic (exact) mass is 312 g/mol. The summed E-state index contributed by atoms with van der Waals surface area (Å²) in [6.45, 7) is 3.29. The van der Waals surface area contributed by atoms with Crippen LogP contribution in [-0.2, 0) is 11.3 Å². The molecule has 0 saturated carbocycles. The molecule has 2 rings (SSSR count). The van der Waals surface area contributed by atoms with E-state index in [-0.39, 0.29) is 5.91 Å². The number of hydrogen-bond acceptors (Lipinski definition) is 7. The summed E-state index contributed by atoms with van der Waals surface area (Å²) in [7, 11) is 1.76. The summed E-state index contributed by atoms with van der Waals surface area (Å²) in [5.74, 6) is 1.15. The first-order valence-corrected chi connectivity index (χ1v) is 7.95. The Morgan fingerprint density at radius 1 is 1.55 bits per heavy atom. The number of anilines is 1. The van der Waals surface area contributed by atoms with Gasteiger partial charge in [-0.05, 0) is 19.1 Å². The Morgan fingerprint density at radius 2 is 2.40 bits per heavy atom. The van der Waals surface area contributed by atoms with Crippen molar-refractivity contribution in [1.82, 2.24) is 15.1 Å². The first-order chi connectivity index (χ1) is 9.69. The zero-order chi connectivity index (χ0) is 14.4. The topological polar surface area (TPSA) is 71.3 Å². The first-order valence-electron chi connectivity index (χ1n) is 6.15. The van der Waals surface area contributed by atoms with Crippen LogP contribution in [0.1, 0.15) is 12.7 Å². The zero-order valence-corrected chi connectivity index (χ0v) is 13.0. The van der Waals surface area contributed by atoms with Gasteiger partial charge in [0.25, 0.3) is 0 Å². The summed E-state index contributed by atoms with van der Waals surface area (Å²) >= 11 is 2.86. The third kappa shape index (κ3) is 4.24. The van der Waals surface area contributed by atoms with Gasteiger partial charge in [-0.1, -0.05) is 23.1 Å². The van der Waals surface area contributed by atoms with Crippen molar-refractivity contribution >= 4 is 34.1 Å². The lowest BCUT2D eigenvalue weighted by Gasteiger charge is -2.14. The Balaban J connectivity index is 1.78. The molecule has 108 valence electrons. The van der Waals surface area contributed by atoms with Crippen molar-refractivity contribution in [2.45, 2.75) is 17.8 Å². The molecule has 0 aliphatic rings. The molecule has 0 radical (unpaired) electrons. The maximum absolute atomic E-state index is 12.0. The molecule has 0 aliphatic carbocycles. The Kier molecular flexibility index (Phi) is 5.42. The molecular weight excluding hydrogens is 296 g/mol. The van der Waals surface area contributed by atoms with E-state index in [0.717, 1.165) is 21.8 Å². The van der Waals surface area contributed by atoms with Crippen molar-refractivity contribution in [1.29, 1.82) is 0 Å². The van der Waals surface area contributed by atoms with E-state index in [9.17, 15) is 4.79 Å². The van der Waals surface area contributed by atoms with E-state index < -0.39 is 0 Å². The van der Waals surface area contributed by atoms with E-state index in [4.69, 9.17) is 4.42 Å². The second-order valence-corrected chi connectivity index (χ2v) is 6.22. The molecule has 0 fully saturated rings. The molecular formula is C12H16N4O2S2. The van der Waals surface area contributed by atoms with Gasteiger partial charge in [0.15, 0.2) is 4.34 Å². The van der Waals surface area contributed by atoms with E-state index in [1.807, 2.05) is 19.1 Å². The van der Waals surface area contributed by atoms with Gasteiger partial charge in [-0.25, -0.2) is 0 Å². The second-order valence-electron chi connectivity index (χ2n) is 4.02. The number of amides is 1. The maximum atomic E-state index is 12.0. The fourth-order valence-corrected chi connectivity index (χ4v) is 3.21. The third-order valence-electron chi connectivity index (χ3n) is 2.45. The van der Waals surface area contributed by atoms with Crippen LogP contribution >= 0.6 is 23.1 Å². The van der Waals surface area contributed by atoms with E-state index in [1.54, 1.807) is 18.2 Å². The largest absolute Gasteiger partial charge is 0.467 e. The summed E-state index contributed by atoms with van der Waals surface area (Å²) in [4.78, 5) is 13.6. The molecule has 0 unspecified atom stereocenters. The lowest BCUT2D eigenvalue weighted by molar-refractivity contribution is -0.127. The smallest absolute Gasteiger partial charge is 0.233 e. The second kappa shape index (κ2) is 7.30. The summed E-state index contributed by atoms with van der Waals surface area (Å²) in [5, 5.41) is 11.9. The fourth-order valence-electron chi connectivity index (χ4n) is 1.45. The number of nitrogens with zero attached hydrogens (tertiary/aromatic N) is 3. The lowest BCUT2D eigenvalue weighted by atomic mass is 10.4. The van der Waals surface area contributed by atoms with Gasteiger partial charge in [-0.15, -0.1) is 10.2 Å². The molecule has 0 aliphatic heterocycles. The SMILES string of the molecule is CCNc1nnc(SCC(=O)N(C)Cc2ccco2)s1. The summed E-state index contributed by atoms with van der Waals surface area (Å²) < 4.78 is 6.01. The van der Waals surface area contributed by atoms with E-state index in [2.05, 4.69) is 15.5 Å². The Labute approximate surface area is 125 Å². The van der Waals surface area contributed by atoms with Gasteiger partial charge in [0.2, 0.25) is 11.0 Å². The van der Waals surface area contributed by atoms with E-state index in [0.29, 0.717) is 12.3 Å². The molecule has 20 heavy (non-hydrogen) atoms. The molecule has 0 bridgehead atoms. The number of carbonyl (C=O) groups excluding carboxylic acids is 1. The van der Waals surface area contributed by atoms with Gasteiger partial charge in [-0.2, -0.15) is 0 Å². The van der Waals surface area contributed by atoms with Gasteiger partial charge >= 0.3 is 0 Å². The molecule has 8 heteroatoms. The van der Waals surface area contributed by atoms with Crippen LogP contribution < -0.4 is 5.32 Å². The molecule has 2 aromatic rings. The fraction of sp³-hybridized carbons (Fsp3) is 0.417. The Bertz CT molecular complexity index is 541. The minimum Gasteiger partial charge on any atom is -0.467 e.